The summed E-state index contributed by atoms with van der Waals surface area (Å²) in [6.45, 7) is 0. The van der Waals surface area contributed by atoms with Crippen molar-refractivity contribution in [2.75, 3.05) is 0 Å². The van der Waals surface area contributed by atoms with Gasteiger partial charge in [0.05, 0.1) is 0 Å². The zero-order valence-corrected chi connectivity index (χ0v) is 29.0. The summed E-state index contributed by atoms with van der Waals surface area (Å²) in [5.74, 6) is 0. The fraction of sp³-hybridized carbons (Fsp3) is 0. The number of benzene rings is 9. The minimum Gasteiger partial charge on any atom is -0.455 e. The van der Waals surface area contributed by atoms with Gasteiger partial charge in [0.25, 0.3) is 0 Å². The first kappa shape index (κ1) is 29.4. The molecule has 0 saturated heterocycles. The van der Waals surface area contributed by atoms with Crippen LogP contribution in [0.3, 0.4) is 0 Å². The maximum absolute atomic E-state index is 6.92. The molecule has 0 aliphatic heterocycles. The SMILES string of the molecule is c1cncc(-c2cc(-c3cc4ccccc4c4c3oc3ccc5ccccc5c34)cc(-c3cc4ccccc4c4c3oc3ccc5ccccc5c34)c2)c1. The molecule has 0 aliphatic carbocycles. The molecule has 3 heteroatoms. The number of rotatable bonds is 3. The van der Waals surface area contributed by atoms with Crippen LogP contribution in [-0.2, 0) is 0 Å². The molecule has 3 heterocycles. The summed E-state index contributed by atoms with van der Waals surface area (Å²) in [6, 6.07) is 58.6. The molecule has 0 bridgehead atoms. The number of hydrogen-bond acceptors (Lipinski definition) is 3. The van der Waals surface area contributed by atoms with Crippen LogP contribution >= 0.6 is 0 Å². The Labute approximate surface area is 309 Å². The fourth-order valence-electron chi connectivity index (χ4n) is 8.84. The molecule has 0 fully saturated rings. The molecule has 0 spiro atoms. The minimum atomic E-state index is 0.883. The molecule has 9 aromatic carbocycles. The van der Waals surface area contributed by atoms with Crippen molar-refractivity contribution in [1.29, 1.82) is 0 Å². The van der Waals surface area contributed by atoms with Crippen LogP contribution in [0.2, 0.25) is 0 Å². The third-order valence-corrected chi connectivity index (χ3v) is 11.3. The summed E-state index contributed by atoms with van der Waals surface area (Å²) in [6.07, 6.45) is 3.76. The van der Waals surface area contributed by atoms with Crippen LogP contribution in [-0.4, -0.2) is 4.98 Å². The highest BCUT2D eigenvalue weighted by Crippen LogP contribution is 2.47. The van der Waals surface area contributed by atoms with Crippen LogP contribution in [0.5, 0.6) is 0 Å². The van der Waals surface area contributed by atoms with E-state index in [1.807, 2.05) is 18.5 Å². The normalized spacial score (nSPS) is 12.1. The molecule has 250 valence electrons. The van der Waals surface area contributed by atoms with Crippen molar-refractivity contribution in [3.63, 3.8) is 0 Å². The number of aromatic nitrogens is 1. The van der Waals surface area contributed by atoms with Gasteiger partial charge >= 0.3 is 0 Å². The largest absolute Gasteiger partial charge is 0.455 e. The van der Waals surface area contributed by atoms with Gasteiger partial charge in [-0.2, -0.15) is 0 Å². The van der Waals surface area contributed by atoms with Gasteiger partial charge in [0.2, 0.25) is 0 Å². The van der Waals surface area contributed by atoms with Crippen molar-refractivity contribution < 1.29 is 8.83 Å². The molecular formula is C51H29NO2. The van der Waals surface area contributed by atoms with Crippen molar-refractivity contribution in [1.82, 2.24) is 4.98 Å². The molecular weight excluding hydrogens is 659 g/mol. The molecule has 0 saturated carbocycles. The smallest absolute Gasteiger partial charge is 0.143 e. The van der Waals surface area contributed by atoms with E-state index >= 15 is 0 Å². The second-order valence-electron chi connectivity index (χ2n) is 14.3. The third kappa shape index (κ3) is 4.21. The highest BCUT2D eigenvalue weighted by atomic mass is 16.3. The molecule has 0 unspecified atom stereocenters. The van der Waals surface area contributed by atoms with Crippen LogP contribution in [0.4, 0.5) is 0 Å². The highest BCUT2D eigenvalue weighted by molar-refractivity contribution is 6.30. The van der Waals surface area contributed by atoms with Crippen molar-refractivity contribution in [3.8, 4) is 33.4 Å². The Balaban J connectivity index is 1.22. The monoisotopic (exact) mass is 687 g/mol. The summed E-state index contributed by atoms with van der Waals surface area (Å²) < 4.78 is 13.8. The standard InChI is InChI=1S/C51H29NO2/c1-5-15-38-30(10-1)19-21-44-46(38)48-40-17-7-3-12-32(40)27-42(50(48)53-44)36-24-35(34-14-9-23-52-29-34)25-37(26-36)43-28-33-13-4-8-18-41(33)49-47-39-16-6-2-11-31(39)20-22-45(47)54-51(43)49/h1-29H. The van der Waals surface area contributed by atoms with Crippen LogP contribution in [0.1, 0.15) is 0 Å². The van der Waals surface area contributed by atoms with Gasteiger partial charge in [-0.15, -0.1) is 0 Å². The molecule has 12 rings (SSSR count). The van der Waals surface area contributed by atoms with E-state index in [0.29, 0.717) is 0 Å². The van der Waals surface area contributed by atoms with Crippen molar-refractivity contribution >= 4 is 87.0 Å². The molecule has 0 amide bonds. The Kier molecular flexibility index (Phi) is 6.05. The lowest BCUT2D eigenvalue weighted by molar-refractivity contribution is 0.670. The summed E-state index contributed by atoms with van der Waals surface area (Å²) in [7, 11) is 0. The zero-order valence-electron chi connectivity index (χ0n) is 29.0. The van der Waals surface area contributed by atoms with Crippen LogP contribution < -0.4 is 0 Å². The van der Waals surface area contributed by atoms with Crippen molar-refractivity contribution in [2.24, 2.45) is 0 Å². The van der Waals surface area contributed by atoms with Gasteiger partial charge in [0.15, 0.2) is 0 Å². The highest BCUT2D eigenvalue weighted by Gasteiger charge is 2.22. The molecule has 0 atom stereocenters. The number of nitrogens with zero attached hydrogens (tertiary/aromatic N) is 1. The lowest BCUT2D eigenvalue weighted by Gasteiger charge is -2.14. The van der Waals surface area contributed by atoms with Gasteiger partial charge in [0.1, 0.15) is 22.3 Å². The van der Waals surface area contributed by atoms with Gasteiger partial charge in [-0.1, -0.05) is 115 Å². The van der Waals surface area contributed by atoms with E-state index in [0.717, 1.165) is 77.3 Å². The molecule has 0 radical (unpaired) electrons. The van der Waals surface area contributed by atoms with E-state index in [9.17, 15) is 0 Å². The van der Waals surface area contributed by atoms with E-state index < -0.39 is 0 Å². The summed E-state index contributed by atoms with van der Waals surface area (Å²) >= 11 is 0. The first-order valence-corrected chi connectivity index (χ1v) is 18.3. The molecule has 0 aliphatic rings. The Hall–Kier alpha value is -7.23. The van der Waals surface area contributed by atoms with E-state index in [2.05, 4.69) is 163 Å². The lowest BCUT2D eigenvalue weighted by Crippen LogP contribution is -1.89. The topological polar surface area (TPSA) is 39.2 Å². The number of hydrogen-bond donors (Lipinski definition) is 0. The van der Waals surface area contributed by atoms with Gasteiger partial charge in [0, 0.05) is 50.6 Å². The second kappa shape index (κ2) is 11.1. The maximum atomic E-state index is 6.92. The molecule has 12 aromatic rings. The summed E-state index contributed by atoms with van der Waals surface area (Å²) in [5.41, 5.74) is 9.86. The first-order valence-electron chi connectivity index (χ1n) is 18.3. The average Bonchev–Trinajstić information content (AvgIpc) is 3.84. The molecule has 0 N–H and O–H groups in total. The number of fused-ring (bicyclic) bond motifs is 14. The van der Waals surface area contributed by atoms with Crippen LogP contribution in [0.25, 0.3) is 120 Å². The maximum Gasteiger partial charge on any atom is 0.143 e. The quantitative estimate of drug-likeness (QED) is 0.186. The van der Waals surface area contributed by atoms with Gasteiger partial charge in [-0.25, -0.2) is 0 Å². The second-order valence-corrected chi connectivity index (χ2v) is 14.3. The van der Waals surface area contributed by atoms with Gasteiger partial charge < -0.3 is 8.83 Å². The third-order valence-electron chi connectivity index (χ3n) is 11.3. The summed E-state index contributed by atoms with van der Waals surface area (Å²) in [4.78, 5) is 4.53. The predicted molar refractivity (Wildman–Crippen MR) is 225 cm³/mol. The molecule has 3 aromatic heterocycles. The number of furan rings is 2. The zero-order chi connectivity index (χ0) is 35.3. The van der Waals surface area contributed by atoms with E-state index in [1.165, 1.54) is 43.1 Å². The average molecular weight is 688 g/mol. The number of pyridine rings is 1. The Morgan fingerprint density at radius 2 is 0.778 bits per heavy atom. The predicted octanol–water partition coefficient (Wildman–Crippen LogP) is 14.5. The van der Waals surface area contributed by atoms with Crippen LogP contribution in [0, 0.1) is 0 Å². The Bertz CT molecular complexity index is 3290. The molecule has 3 nitrogen and oxygen atoms in total. The molecule has 54 heavy (non-hydrogen) atoms. The van der Waals surface area contributed by atoms with Gasteiger partial charge in [-0.3, -0.25) is 4.98 Å². The summed E-state index contributed by atoms with van der Waals surface area (Å²) in [5, 5.41) is 14.0. The van der Waals surface area contributed by atoms with Crippen molar-refractivity contribution in [2.45, 2.75) is 0 Å². The Morgan fingerprint density at radius 3 is 1.26 bits per heavy atom. The van der Waals surface area contributed by atoms with E-state index in [1.54, 1.807) is 0 Å². The minimum absolute atomic E-state index is 0.883. The van der Waals surface area contributed by atoms with Gasteiger partial charge in [-0.05, 0) is 108 Å². The lowest BCUT2D eigenvalue weighted by atomic mass is 9.89. The fourth-order valence-corrected chi connectivity index (χ4v) is 8.84. The van der Waals surface area contributed by atoms with Crippen LogP contribution in [0.15, 0.2) is 185 Å². The van der Waals surface area contributed by atoms with Crippen molar-refractivity contribution in [3.05, 3.63) is 176 Å². The Morgan fingerprint density at radius 1 is 0.333 bits per heavy atom. The van der Waals surface area contributed by atoms with E-state index in [4.69, 9.17) is 8.83 Å². The van der Waals surface area contributed by atoms with E-state index in [-0.39, 0.29) is 0 Å². The first-order chi connectivity index (χ1) is 26.8.